The van der Waals surface area contributed by atoms with Crippen LogP contribution in [0, 0.1) is 0 Å². The number of hydrogen-bond donors (Lipinski definition) is 1. The first-order valence-corrected chi connectivity index (χ1v) is 6.81. The van der Waals surface area contributed by atoms with Crippen molar-refractivity contribution in [1.82, 2.24) is 4.98 Å². The first-order chi connectivity index (χ1) is 9.46. The molecule has 1 aromatic carbocycles. The molecule has 4 heteroatoms. The fraction of sp³-hybridized carbons (Fsp3) is 0.438. The van der Waals surface area contributed by atoms with Crippen molar-refractivity contribution in [2.24, 2.45) is 0 Å². The molecule has 0 radical (unpaired) electrons. The normalized spacial score (nSPS) is 11.9. The molecule has 2 aromatic rings. The molecule has 0 bridgehead atoms. The number of anilines is 1. The molecule has 0 saturated heterocycles. The Bertz CT molecular complexity index is 576. The second-order valence-corrected chi connectivity index (χ2v) is 5.74. The number of nitrogens with two attached hydrogens (primary N) is 1. The number of hydrogen-bond acceptors (Lipinski definition) is 4. The SMILES string of the molecule is CC(C)(C)OCCOCc1cc2ccccc2nc1N. The predicted octanol–water partition coefficient (Wildman–Crippen LogP) is 3.15. The van der Waals surface area contributed by atoms with E-state index in [1.54, 1.807) is 0 Å². The van der Waals surface area contributed by atoms with Gasteiger partial charge in [0.05, 0.1) is 30.9 Å². The third-order valence-corrected chi connectivity index (χ3v) is 2.86. The zero-order valence-corrected chi connectivity index (χ0v) is 12.3. The Kier molecular flexibility index (Phi) is 4.57. The van der Waals surface area contributed by atoms with Crippen LogP contribution in [0.3, 0.4) is 0 Å². The van der Waals surface area contributed by atoms with Crippen LogP contribution < -0.4 is 5.73 Å². The van der Waals surface area contributed by atoms with Crippen LogP contribution in [0.5, 0.6) is 0 Å². The average molecular weight is 274 g/mol. The Morgan fingerprint density at radius 1 is 1.15 bits per heavy atom. The summed E-state index contributed by atoms with van der Waals surface area (Å²) < 4.78 is 11.2. The monoisotopic (exact) mass is 274 g/mol. The molecule has 1 aromatic heterocycles. The van der Waals surface area contributed by atoms with Gasteiger partial charge in [0, 0.05) is 10.9 Å². The molecule has 108 valence electrons. The van der Waals surface area contributed by atoms with Crippen molar-refractivity contribution in [3.05, 3.63) is 35.9 Å². The molecule has 20 heavy (non-hydrogen) atoms. The molecule has 0 unspecified atom stereocenters. The zero-order valence-electron chi connectivity index (χ0n) is 12.3. The van der Waals surface area contributed by atoms with Crippen molar-refractivity contribution in [3.63, 3.8) is 0 Å². The van der Waals surface area contributed by atoms with Gasteiger partial charge in [0.25, 0.3) is 0 Å². The summed E-state index contributed by atoms with van der Waals surface area (Å²) in [7, 11) is 0. The number of fused-ring (bicyclic) bond motifs is 1. The molecule has 4 nitrogen and oxygen atoms in total. The molecule has 0 aliphatic rings. The highest BCUT2D eigenvalue weighted by Gasteiger charge is 2.09. The average Bonchev–Trinajstić information content (AvgIpc) is 2.37. The summed E-state index contributed by atoms with van der Waals surface area (Å²) in [5.41, 5.74) is 7.64. The maximum Gasteiger partial charge on any atom is 0.129 e. The van der Waals surface area contributed by atoms with Crippen molar-refractivity contribution >= 4 is 16.7 Å². The van der Waals surface area contributed by atoms with E-state index in [4.69, 9.17) is 15.2 Å². The number of nitrogens with zero attached hydrogens (tertiary/aromatic N) is 1. The highest BCUT2D eigenvalue weighted by Crippen LogP contribution is 2.18. The maximum atomic E-state index is 5.95. The Balaban J connectivity index is 1.91. The van der Waals surface area contributed by atoms with Gasteiger partial charge in [-0.2, -0.15) is 0 Å². The van der Waals surface area contributed by atoms with E-state index in [0.717, 1.165) is 16.5 Å². The lowest BCUT2D eigenvalue weighted by molar-refractivity contribution is -0.0376. The van der Waals surface area contributed by atoms with E-state index in [-0.39, 0.29) is 5.60 Å². The lowest BCUT2D eigenvalue weighted by Crippen LogP contribution is -2.21. The van der Waals surface area contributed by atoms with Crippen LogP contribution in [-0.4, -0.2) is 23.8 Å². The molecular formula is C16H22N2O2. The second-order valence-electron chi connectivity index (χ2n) is 5.74. The third kappa shape index (κ3) is 4.18. The second kappa shape index (κ2) is 6.20. The number of ether oxygens (including phenoxy) is 2. The van der Waals surface area contributed by atoms with Crippen molar-refractivity contribution in [3.8, 4) is 0 Å². The van der Waals surface area contributed by atoms with Crippen molar-refractivity contribution in [2.45, 2.75) is 33.0 Å². The van der Waals surface area contributed by atoms with Crippen LogP contribution in [0.4, 0.5) is 5.82 Å². The van der Waals surface area contributed by atoms with E-state index in [2.05, 4.69) is 4.98 Å². The fourth-order valence-electron chi connectivity index (χ4n) is 1.88. The quantitative estimate of drug-likeness (QED) is 0.851. The Labute approximate surface area is 119 Å². The Hall–Kier alpha value is -1.65. The summed E-state index contributed by atoms with van der Waals surface area (Å²) in [6.07, 6.45) is 0. The smallest absolute Gasteiger partial charge is 0.129 e. The lowest BCUT2D eigenvalue weighted by atomic mass is 10.1. The van der Waals surface area contributed by atoms with Crippen LogP contribution in [0.15, 0.2) is 30.3 Å². The molecule has 0 fully saturated rings. The van der Waals surface area contributed by atoms with E-state index in [0.29, 0.717) is 25.6 Å². The van der Waals surface area contributed by atoms with Gasteiger partial charge in [-0.15, -0.1) is 0 Å². The van der Waals surface area contributed by atoms with Crippen molar-refractivity contribution in [2.75, 3.05) is 18.9 Å². The molecule has 0 spiro atoms. The molecule has 1 heterocycles. The Morgan fingerprint density at radius 3 is 2.65 bits per heavy atom. The summed E-state index contributed by atoms with van der Waals surface area (Å²) in [6.45, 7) is 7.65. The molecule has 2 rings (SSSR count). The third-order valence-electron chi connectivity index (χ3n) is 2.86. The number of pyridine rings is 1. The highest BCUT2D eigenvalue weighted by atomic mass is 16.5. The van der Waals surface area contributed by atoms with E-state index < -0.39 is 0 Å². The summed E-state index contributed by atoms with van der Waals surface area (Å²) in [6, 6.07) is 9.95. The standard InChI is InChI=1S/C16H22N2O2/c1-16(2,3)20-9-8-19-11-13-10-12-6-4-5-7-14(12)18-15(13)17/h4-7,10H,8-9,11H2,1-3H3,(H2,17,18). The van der Waals surface area contributed by atoms with Crippen LogP contribution in [0.25, 0.3) is 10.9 Å². The van der Waals surface area contributed by atoms with Gasteiger partial charge in [0.1, 0.15) is 5.82 Å². The van der Waals surface area contributed by atoms with Gasteiger partial charge in [0.15, 0.2) is 0 Å². The topological polar surface area (TPSA) is 57.4 Å². The number of benzene rings is 1. The first-order valence-electron chi connectivity index (χ1n) is 6.81. The maximum absolute atomic E-state index is 5.95. The van der Waals surface area contributed by atoms with Gasteiger partial charge in [-0.05, 0) is 32.9 Å². The Morgan fingerprint density at radius 2 is 1.90 bits per heavy atom. The minimum atomic E-state index is -0.132. The van der Waals surface area contributed by atoms with Gasteiger partial charge in [-0.1, -0.05) is 18.2 Å². The largest absolute Gasteiger partial charge is 0.383 e. The van der Waals surface area contributed by atoms with Crippen molar-refractivity contribution in [1.29, 1.82) is 0 Å². The van der Waals surface area contributed by atoms with Crippen LogP contribution in [0.2, 0.25) is 0 Å². The molecule has 0 aliphatic carbocycles. The van der Waals surface area contributed by atoms with E-state index in [9.17, 15) is 0 Å². The lowest BCUT2D eigenvalue weighted by Gasteiger charge is -2.19. The van der Waals surface area contributed by atoms with Gasteiger partial charge >= 0.3 is 0 Å². The predicted molar refractivity (Wildman–Crippen MR) is 81.5 cm³/mol. The van der Waals surface area contributed by atoms with Gasteiger partial charge in [-0.3, -0.25) is 0 Å². The van der Waals surface area contributed by atoms with Crippen LogP contribution >= 0.6 is 0 Å². The molecule has 0 aliphatic heterocycles. The molecule has 0 amide bonds. The summed E-state index contributed by atoms with van der Waals surface area (Å²) in [5.74, 6) is 0.528. The van der Waals surface area contributed by atoms with Crippen LogP contribution in [-0.2, 0) is 16.1 Å². The summed E-state index contributed by atoms with van der Waals surface area (Å²) in [5, 5.41) is 1.08. The van der Waals surface area contributed by atoms with E-state index >= 15 is 0 Å². The molecule has 0 atom stereocenters. The van der Waals surface area contributed by atoms with Gasteiger partial charge < -0.3 is 15.2 Å². The minimum Gasteiger partial charge on any atom is -0.383 e. The van der Waals surface area contributed by atoms with E-state index in [1.807, 2.05) is 51.1 Å². The summed E-state index contributed by atoms with van der Waals surface area (Å²) in [4.78, 5) is 4.38. The summed E-state index contributed by atoms with van der Waals surface area (Å²) >= 11 is 0. The van der Waals surface area contributed by atoms with Gasteiger partial charge in [-0.25, -0.2) is 4.98 Å². The minimum absolute atomic E-state index is 0.132. The van der Waals surface area contributed by atoms with Crippen molar-refractivity contribution < 1.29 is 9.47 Å². The highest BCUT2D eigenvalue weighted by molar-refractivity contribution is 5.81. The number of nitrogen functional groups attached to an aromatic ring is 1. The number of rotatable bonds is 5. The number of para-hydroxylation sites is 1. The molecule has 0 saturated carbocycles. The zero-order chi connectivity index (χ0) is 14.6. The molecular weight excluding hydrogens is 252 g/mol. The fourth-order valence-corrected chi connectivity index (χ4v) is 1.88. The van der Waals surface area contributed by atoms with Gasteiger partial charge in [0.2, 0.25) is 0 Å². The van der Waals surface area contributed by atoms with Crippen LogP contribution in [0.1, 0.15) is 26.3 Å². The molecule has 2 N–H and O–H groups in total. The first kappa shape index (κ1) is 14.8. The van der Waals surface area contributed by atoms with E-state index in [1.165, 1.54) is 0 Å². The number of aromatic nitrogens is 1.